The van der Waals surface area contributed by atoms with Gasteiger partial charge >= 0.3 is 0 Å². The molecule has 7 heteroatoms. The van der Waals surface area contributed by atoms with Crippen molar-refractivity contribution in [1.82, 2.24) is 15.1 Å². The van der Waals surface area contributed by atoms with E-state index in [1.54, 1.807) is 24.1 Å². The summed E-state index contributed by atoms with van der Waals surface area (Å²) in [6.07, 6.45) is 2.54. The van der Waals surface area contributed by atoms with E-state index in [1.807, 2.05) is 0 Å². The van der Waals surface area contributed by atoms with Crippen molar-refractivity contribution in [3.8, 4) is 0 Å². The van der Waals surface area contributed by atoms with Crippen LogP contribution in [-0.4, -0.2) is 47.8 Å². The highest BCUT2D eigenvalue weighted by molar-refractivity contribution is 5.92. The first kappa shape index (κ1) is 13.7. The normalized spacial score (nSPS) is 14.2. The fraction of sp³-hybridized carbons (Fsp3) is 0.583. The smallest absolute Gasteiger partial charge is 0.274 e. The zero-order valence-electron chi connectivity index (χ0n) is 11.0. The summed E-state index contributed by atoms with van der Waals surface area (Å²) in [7, 11) is 1.72. The van der Waals surface area contributed by atoms with Gasteiger partial charge in [-0.25, -0.2) is 5.84 Å². The molecule has 1 aromatic heterocycles. The van der Waals surface area contributed by atoms with Gasteiger partial charge in [0.1, 0.15) is 0 Å². The fourth-order valence-electron chi connectivity index (χ4n) is 1.56. The van der Waals surface area contributed by atoms with Gasteiger partial charge in [-0.15, -0.1) is 10.2 Å². The van der Waals surface area contributed by atoms with E-state index in [-0.39, 0.29) is 5.91 Å². The fourth-order valence-corrected chi connectivity index (χ4v) is 1.56. The van der Waals surface area contributed by atoms with Crippen LogP contribution in [0.4, 0.5) is 5.82 Å². The lowest BCUT2D eigenvalue weighted by molar-refractivity contribution is 0.0675. The lowest BCUT2D eigenvalue weighted by atomic mass is 10.3. The third-order valence-electron chi connectivity index (χ3n) is 3.00. The average molecular weight is 265 g/mol. The van der Waals surface area contributed by atoms with Crippen molar-refractivity contribution in [1.29, 1.82) is 0 Å². The molecule has 1 aromatic rings. The van der Waals surface area contributed by atoms with E-state index in [9.17, 15) is 4.79 Å². The quantitative estimate of drug-likeness (QED) is 0.417. The number of ether oxygens (including phenoxy) is 1. The minimum atomic E-state index is -0.175. The van der Waals surface area contributed by atoms with E-state index in [0.29, 0.717) is 24.7 Å². The number of carbonyl (C=O) groups excluding carboxylic acids is 1. The van der Waals surface area contributed by atoms with Crippen molar-refractivity contribution < 1.29 is 9.53 Å². The van der Waals surface area contributed by atoms with Crippen LogP contribution in [0.2, 0.25) is 0 Å². The first-order valence-electron chi connectivity index (χ1n) is 6.34. The molecule has 1 aliphatic carbocycles. The van der Waals surface area contributed by atoms with Crippen LogP contribution >= 0.6 is 0 Å². The van der Waals surface area contributed by atoms with E-state index in [2.05, 4.69) is 15.6 Å². The van der Waals surface area contributed by atoms with Gasteiger partial charge in [0.15, 0.2) is 11.5 Å². The van der Waals surface area contributed by atoms with E-state index >= 15 is 0 Å². The summed E-state index contributed by atoms with van der Waals surface area (Å²) >= 11 is 0. The molecule has 0 aromatic carbocycles. The van der Waals surface area contributed by atoms with Crippen molar-refractivity contribution in [2.45, 2.75) is 12.8 Å². The van der Waals surface area contributed by atoms with Gasteiger partial charge in [-0.05, 0) is 30.9 Å². The van der Waals surface area contributed by atoms with E-state index < -0.39 is 0 Å². The zero-order valence-corrected chi connectivity index (χ0v) is 11.0. The van der Waals surface area contributed by atoms with Crippen molar-refractivity contribution in [2.24, 2.45) is 11.8 Å². The number of anilines is 1. The lowest BCUT2D eigenvalue weighted by Gasteiger charge is -2.16. The van der Waals surface area contributed by atoms with Crippen LogP contribution in [0.3, 0.4) is 0 Å². The molecule has 1 saturated carbocycles. The molecule has 0 aliphatic heterocycles. The number of hydrogen-bond acceptors (Lipinski definition) is 6. The molecule has 0 radical (unpaired) electrons. The van der Waals surface area contributed by atoms with Crippen molar-refractivity contribution in [2.75, 3.05) is 32.2 Å². The van der Waals surface area contributed by atoms with Crippen molar-refractivity contribution in [3.05, 3.63) is 17.8 Å². The van der Waals surface area contributed by atoms with Gasteiger partial charge in [-0.2, -0.15) is 0 Å². The molecule has 104 valence electrons. The summed E-state index contributed by atoms with van der Waals surface area (Å²) < 4.78 is 5.49. The highest BCUT2D eigenvalue weighted by Gasteiger charge is 2.21. The molecule has 0 atom stereocenters. The third-order valence-corrected chi connectivity index (χ3v) is 3.00. The van der Waals surface area contributed by atoms with Crippen molar-refractivity contribution in [3.63, 3.8) is 0 Å². The maximum absolute atomic E-state index is 12.0. The first-order valence-corrected chi connectivity index (χ1v) is 6.34. The number of rotatable bonds is 7. The maximum Gasteiger partial charge on any atom is 0.274 e. The van der Waals surface area contributed by atoms with Gasteiger partial charge < -0.3 is 15.1 Å². The average Bonchev–Trinajstić information content (AvgIpc) is 3.27. The standard InChI is InChI=1S/C12H19N5O2/c1-17(6-7-19-8-9-2-3-9)12(18)10-4-5-11(14-13)16-15-10/h4-5,9H,2-3,6-8,13H2,1H3,(H,14,16). The highest BCUT2D eigenvalue weighted by Crippen LogP contribution is 2.28. The number of nitrogens with zero attached hydrogens (tertiary/aromatic N) is 3. The van der Waals surface area contributed by atoms with Crippen LogP contribution in [0, 0.1) is 5.92 Å². The molecule has 1 aliphatic rings. The van der Waals surface area contributed by atoms with Gasteiger partial charge in [0, 0.05) is 20.2 Å². The number of hydrogen-bond donors (Lipinski definition) is 2. The molecule has 0 spiro atoms. The second-order valence-electron chi connectivity index (χ2n) is 4.69. The van der Waals surface area contributed by atoms with Crippen LogP contribution in [0.25, 0.3) is 0 Å². The largest absolute Gasteiger partial charge is 0.379 e. The SMILES string of the molecule is CN(CCOCC1CC1)C(=O)c1ccc(NN)nn1. The van der Waals surface area contributed by atoms with Crippen LogP contribution in [0.1, 0.15) is 23.3 Å². The van der Waals surface area contributed by atoms with E-state index in [4.69, 9.17) is 10.6 Å². The number of nitrogen functional groups attached to an aromatic ring is 1. The van der Waals surface area contributed by atoms with E-state index in [0.717, 1.165) is 12.5 Å². The zero-order chi connectivity index (χ0) is 13.7. The van der Waals surface area contributed by atoms with Gasteiger partial charge in [-0.3, -0.25) is 4.79 Å². The minimum Gasteiger partial charge on any atom is -0.379 e. The molecule has 19 heavy (non-hydrogen) atoms. The summed E-state index contributed by atoms with van der Waals surface area (Å²) in [5, 5.41) is 7.58. The Bertz CT molecular complexity index is 419. The van der Waals surface area contributed by atoms with Crippen LogP contribution < -0.4 is 11.3 Å². The van der Waals surface area contributed by atoms with E-state index in [1.165, 1.54) is 12.8 Å². The second kappa shape index (κ2) is 6.44. The topological polar surface area (TPSA) is 93.4 Å². The number of nitrogens with two attached hydrogens (primary N) is 1. The molecular weight excluding hydrogens is 246 g/mol. The predicted molar refractivity (Wildman–Crippen MR) is 70.3 cm³/mol. The summed E-state index contributed by atoms with van der Waals surface area (Å²) in [6.45, 7) is 1.90. The van der Waals surface area contributed by atoms with Gasteiger partial charge in [0.05, 0.1) is 6.61 Å². The van der Waals surface area contributed by atoms with Gasteiger partial charge in [0.2, 0.25) is 0 Å². The molecule has 0 saturated heterocycles. The number of aromatic nitrogens is 2. The summed E-state index contributed by atoms with van der Waals surface area (Å²) in [5.41, 5.74) is 2.66. The Balaban J connectivity index is 1.76. The summed E-state index contributed by atoms with van der Waals surface area (Å²) in [4.78, 5) is 13.6. The Hall–Kier alpha value is -1.73. The van der Waals surface area contributed by atoms with Crippen molar-refractivity contribution >= 4 is 11.7 Å². The molecular formula is C12H19N5O2. The molecule has 0 unspecified atom stereocenters. The Morgan fingerprint density at radius 3 is 2.89 bits per heavy atom. The second-order valence-corrected chi connectivity index (χ2v) is 4.69. The lowest BCUT2D eigenvalue weighted by Crippen LogP contribution is -2.31. The summed E-state index contributed by atoms with van der Waals surface area (Å²) in [6, 6.07) is 3.20. The molecule has 3 N–H and O–H groups in total. The molecule has 1 amide bonds. The molecule has 0 bridgehead atoms. The molecule has 1 heterocycles. The van der Waals surface area contributed by atoms with Gasteiger partial charge in [-0.1, -0.05) is 0 Å². The highest BCUT2D eigenvalue weighted by atomic mass is 16.5. The molecule has 2 rings (SSSR count). The number of nitrogens with one attached hydrogen (secondary N) is 1. The number of carbonyl (C=O) groups is 1. The third kappa shape index (κ3) is 4.15. The Morgan fingerprint density at radius 2 is 2.32 bits per heavy atom. The number of likely N-dealkylation sites (N-methyl/N-ethyl adjacent to an activating group) is 1. The maximum atomic E-state index is 12.0. The predicted octanol–water partition coefficient (Wildman–Crippen LogP) is 0.261. The minimum absolute atomic E-state index is 0.175. The first-order chi connectivity index (χ1) is 9.20. The number of amides is 1. The van der Waals surface area contributed by atoms with Gasteiger partial charge in [0.25, 0.3) is 5.91 Å². The number of hydrazine groups is 1. The Morgan fingerprint density at radius 1 is 1.53 bits per heavy atom. The summed E-state index contributed by atoms with van der Waals surface area (Å²) in [5.74, 6) is 6.17. The molecule has 1 fully saturated rings. The van der Waals surface area contributed by atoms with Crippen LogP contribution in [0.5, 0.6) is 0 Å². The van der Waals surface area contributed by atoms with Crippen LogP contribution in [-0.2, 0) is 4.74 Å². The van der Waals surface area contributed by atoms with Crippen LogP contribution in [0.15, 0.2) is 12.1 Å². The molecule has 7 nitrogen and oxygen atoms in total. The Kier molecular flexibility index (Phi) is 4.64. The monoisotopic (exact) mass is 265 g/mol. The Labute approximate surface area is 112 Å².